The van der Waals surface area contributed by atoms with Gasteiger partial charge in [-0.3, -0.25) is 0 Å². The van der Waals surface area contributed by atoms with Crippen LogP contribution in [-0.4, -0.2) is 40.1 Å². The van der Waals surface area contributed by atoms with Crippen molar-refractivity contribution in [1.82, 2.24) is 14.9 Å². The highest BCUT2D eigenvalue weighted by molar-refractivity contribution is 7.16. The number of aromatic nitrogens is 2. The second kappa shape index (κ2) is 5.60. The largest absolute Gasteiger partial charge is 0.467 e. The molecule has 2 aromatic heterocycles. The van der Waals surface area contributed by atoms with Crippen molar-refractivity contribution in [3.8, 4) is 15.6 Å². The van der Waals surface area contributed by atoms with Crippen LogP contribution in [0.4, 0.5) is 0 Å². The Labute approximate surface area is 145 Å². The van der Waals surface area contributed by atoms with E-state index in [0.29, 0.717) is 18.2 Å². The van der Waals surface area contributed by atoms with E-state index in [2.05, 4.69) is 46.2 Å². The van der Waals surface area contributed by atoms with Crippen LogP contribution in [0.25, 0.3) is 21.3 Å². The summed E-state index contributed by atoms with van der Waals surface area (Å²) < 4.78 is 6.25. The molecule has 2 aliphatic heterocycles. The average Bonchev–Trinajstić information content (AvgIpc) is 3.27. The van der Waals surface area contributed by atoms with Gasteiger partial charge in [0.05, 0.1) is 4.88 Å². The number of piperidine rings is 1. The van der Waals surface area contributed by atoms with Crippen LogP contribution in [0.5, 0.6) is 5.19 Å². The third-order valence-corrected chi connectivity index (χ3v) is 6.59. The molecule has 5 heteroatoms. The molecule has 0 aliphatic carbocycles. The fraction of sp³-hybridized carbons (Fsp3) is 0.421. The number of benzene rings is 1. The minimum atomic E-state index is 0.320. The molecular weight excluding hydrogens is 318 g/mol. The zero-order chi connectivity index (χ0) is 16.1. The number of aromatic amines is 1. The van der Waals surface area contributed by atoms with Crippen molar-refractivity contribution < 1.29 is 4.74 Å². The van der Waals surface area contributed by atoms with Gasteiger partial charge in [-0.05, 0) is 44.9 Å². The van der Waals surface area contributed by atoms with Crippen molar-refractivity contribution in [2.75, 3.05) is 7.05 Å². The van der Waals surface area contributed by atoms with Crippen molar-refractivity contribution >= 4 is 22.2 Å². The Morgan fingerprint density at radius 3 is 2.88 bits per heavy atom. The predicted octanol–water partition coefficient (Wildman–Crippen LogP) is 4.30. The first kappa shape index (κ1) is 14.5. The number of ether oxygens (including phenoxy) is 1. The lowest BCUT2D eigenvalue weighted by Gasteiger charge is -2.35. The molecule has 5 rings (SSSR count). The van der Waals surface area contributed by atoms with E-state index >= 15 is 0 Å². The maximum Gasteiger partial charge on any atom is 0.273 e. The quantitative estimate of drug-likeness (QED) is 0.774. The smallest absolute Gasteiger partial charge is 0.273 e. The zero-order valence-electron chi connectivity index (χ0n) is 13.7. The Morgan fingerprint density at radius 2 is 2.04 bits per heavy atom. The Balaban J connectivity index is 1.37. The highest BCUT2D eigenvalue weighted by Crippen LogP contribution is 2.39. The van der Waals surface area contributed by atoms with E-state index in [1.54, 1.807) is 11.3 Å². The normalized spacial score (nSPS) is 27.0. The maximum atomic E-state index is 6.25. The molecule has 2 bridgehead atoms. The Morgan fingerprint density at radius 1 is 1.21 bits per heavy atom. The van der Waals surface area contributed by atoms with Crippen LogP contribution >= 0.6 is 11.3 Å². The number of hydrogen-bond donors (Lipinski definition) is 1. The number of thiazole rings is 1. The third kappa shape index (κ3) is 2.34. The minimum Gasteiger partial charge on any atom is -0.467 e. The highest BCUT2D eigenvalue weighted by atomic mass is 32.1. The molecule has 2 saturated heterocycles. The average molecular weight is 339 g/mol. The van der Waals surface area contributed by atoms with E-state index in [0.717, 1.165) is 23.6 Å². The number of nitrogens with one attached hydrogen (secondary N) is 1. The summed E-state index contributed by atoms with van der Waals surface area (Å²) in [5, 5.41) is 2.05. The zero-order valence-corrected chi connectivity index (χ0v) is 14.6. The summed E-state index contributed by atoms with van der Waals surface area (Å²) in [4.78, 5) is 11.5. The van der Waals surface area contributed by atoms with Gasteiger partial charge in [-0.15, -0.1) is 0 Å². The van der Waals surface area contributed by atoms with E-state index in [-0.39, 0.29) is 0 Å². The van der Waals surface area contributed by atoms with Crippen molar-refractivity contribution in [1.29, 1.82) is 0 Å². The van der Waals surface area contributed by atoms with Crippen LogP contribution in [0.15, 0.2) is 36.7 Å². The van der Waals surface area contributed by atoms with Crippen LogP contribution in [0.1, 0.15) is 25.7 Å². The second-order valence-electron chi connectivity index (χ2n) is 7.00. The number of nitrogens with zero attached hydrogens (tertiary/aromatic N) is 2. The summed E-state index contributed by atoms with van der Waals surface area (Å²) in [7, 11) is 2.26. The molecular formula is C19H21N3OS. The van der Waals surface area contributed by atoms with Crippen molar-refractivity contribution in [3.05, 3.63) is 36.7 Å². The van der Waals surface area contributed by atoms with Crippen molar-refractivity contribution in [2.24, 2.45) is 0 Å². The molecule has 0 saturated carbocycles. The van der Waals surface area contributed by atoms with Gasteiger partial charge >= 0.3 is 0 Å². The minimum absolute atomic E-state index is 0.320. The molecule has 0 spiro atoms. The Kier molecular flexibility index (Phi) is 3.38. The Hall–Kier alpha value is -1.85. The molecule has 24 heavy (non-hydrogen) atoms. The summed E-state index contributed by atoms with van der Waals surface area (Å²) >= 11 is 1.66. The SMILES string of the molecule is CN1C2CCC1CC(Oc1ncc(-c3cccc4[nH]ccc34)s1)C2. The van der Waals surface area contributed by atoms with Crippen LogP contribution in [0.3, 0.4) is 0 Å². The van der Waals surface area contributed by atoms with Gasteiger partial charge in [0.15, 0.2) is 0 Å². The second-order valence-corrected chi connectivity index (χ2v) is 7.99. The van der Waals surface area contributed by atoms with E-state index in [1.807, 2.05) is 12.4 Å². The summed E-state index contributed by atoms with van der Waals surface area (Å²) in [6, 6.07) is 9.86. The first-order valence-corrected chi connectivity index (χ1v) is 9.50. The van der Waals surface area contributed by atoms with Gasteiger partial charge in [0.25, 0.3) is 5.19 Å². The van der Waals surface area contributed by atoms with Gasteiger partial charge in [0, 0.05) is 40.9 Å². The van der Waals surface area contributed by atoms with Crippen LogP contribution in [0.2, 0.25) is 0 Å². The van der Waals surface area contributed by atoms with E-state index in [4.69, 9.17) is 4.74 Å². The van der Waals surface area contributed by atoms with Crippen molar-refractivity contribution in [3.63, 3.8) is 0 Å². The maximum absolute atomic E-state index is 6.25. The predicted molar refractivity (Wildman–Crippen MR) is 97.6 cm³/mol. The van der Waals surface area contributed by atoms with Gasteiger partial charge in [0.1, 0.15) is 6.10 Å². The lowest BCUT2D eigenvalue weighted by atomic mass is 10.0. The molecule has 2 fully saturated rings. The van der Waals surface area contributed by atoms with E-state index in [9.17, 15) is 0 Å². The highest BCUT2D eigenvalue weighted by Gasteiger charge is 2.39. The summed E-state index contributed by atoms with van der Waals surface area (Å²) in [5.74, 6) is 0. The molecule has 124 valence electrons. The fourth-order valence-corrected chi connectivity index (χ4v) is 5.21. The number of fused-ring (bicyclic) bond motifs is 3. The molecule has 1 N–H and O–H groups in total. The molecule has 2 aliphatic rings. The van der Waals surface area contributed by atoms with Gasteiger partial charge in [0.2, 0.25) is 0 Å². The summed E-state index contributed by atoms with van der Waals surface area (Å²) in [5.41, 5.74) is 2.39. The van der Waals surface area contributed by atoms with E-state index in [1.165, 1.54) is 28.7 Å². The van der Waals surface area contributed by atoms with Gasteiger partial charge in [-0.25, -0.2) is 4.98 Å². The number of rotatable bonds is 3. The monoisotopic (exact) mass is 339 g/mol. The van der Waals surface area contributed by atoms with Gasteiger partial charge < -0.3 is 14.6 Å². The molecule has 4 heterocycles. The van der Waals surface area contributed by atoms with E-state index < -0.39 is 0 Å². The first-order valence-electron chi connectivity index (χ1n) is 8.69. The number of H-pyrrole nitrogens is 1. The van der Waals surface area contributed by atoms with Gasteiger partial charge in [-0.1, -0.05) is 23.5 Å². The lowest BCUT2D eigenvalue weighted by Crippen LogP contribution is -2.43. The summed E-state index contributed by atoms with van der Waals surface area (Å²) in [6.07, 6.45) is 9.16. The molecule has 2 unspecified atom stereocenters. The summed E-state index contributed by atoms with van der Waals surface area (Å²) in [6.45, 7) is 0. The Bertz CT molecular complexity index is 856. The third-order valence-electron chi connectivity index (χ3n) is 5.67. The molecule has 4 nitrogen and oxygen atoms in total. The standard InChI is InChI=1S/C19H21N3OS/c1-22-12-5-6-13(22)10-14(9-12)23-19-21-11-18(24-19)16-3-2-4-17-15(16)7-8-20-17/h2-4,7-8,11-14,20H,5-6,9-10H2,1H3. The molecule has 0 radical (unpaired) electrons. The van der Waals surface area contributed by atoms with Crippen molar-refractivity contribution in [2.45, 2.75) is 43.9 Å². The lowest BCUT2D eigenvalue weighted by molar-refractivity contribution is 0.0660. The molecule has 0 amide bonds. The van der Waals surface area contributed by atoms with Gasteiger partial charge in [-0.2, -0.15) is 0 Å². The first-order chi connectivity index (χ1) is 11.8. The fourth-order valence-electron chi connectivity index (χ4n) is 4.34. The number of hydrogen-bond acceptors (Lipinski definition) is 4. The topological polar surface area (TPSA) is 41.1 Å². The van der Waals surface area contributed by atoms with Crippen LogP contribution < -0.4 is 4.74 Å². The van der Waals surface area contributed by atoms with Crippen LogP contribution in [-0.2, 0) is 0 Å². The molecule has 1 aromatic carbocycles. The van der Waals surface area contributed by atoms with Crippen LogP contribution in [0, 0.1) is 0 Å². The molecule has 2 atom stereocenters. The molecule has 3 aromatic rings.